The van der Waals surface area contributed by atoms with E-state index in [9.17, 15) is 0 Å². The van der Waals surface area contributed by atoms with Gasteiger partial charge in [-0.3, -0.25) is 4.68 Å². The van der Waals surface area contributed by atoms with Gasteiger partial charge in [-0.05, 0) is 73.4 Å². The van der Waals surface area contributed by atoms with E-state index in [0.717, 1.165) is 46.9 Å². The van der Waals surface area contributed by atoms with E-state index in [0.29, 0.717) is 5.95 Å². The zero-order valence-electron chi connectivity index (χ0n) is 22.8. The summed E-state index contributed by atoms with van der Waals surface area (Å²) in [4.78, 5) is 15.5. The maximum absolute atomic E-state index is 4.91. The molecule has 2 aromatic carbocycles. The molecule has 4 heterocycles. The second-order valence-electron chi connectivity index (χ2n) is 10.8. The van der Waals surface area contributed by atoms with Gasteiger partial charge in [-0.15, -0.1) is 0 Å². The standard InChI is InChI=1S/C32H33N7/c1-20-16-34-32(35-29-15-21(2)38(3)37-29)36-30(20)26-17-33-31-25(26)13-8-14-28(31)39-18-23-11-7-12-24(27(23)19-39)22-9-5-4-6-10-22/h7-9,11-17,33H,4-6,10,18-19H2,1-3H3,(H,34,35,36,37). The summed E-state index contributed by atoms with van der Waals surface area (Å²) >= 11 is 0. The van der Waals surface area contributed by atoms with Crippen molar-refractivity contribution in [2.75, 3.05) is 10.2 Å². The Morgan fingerprint density at radius 1 is 1.00 bits per heavy atom. The van der Waals surface area contributed by atoms with Crippen molar-refractivity contribution < 1.29 is 0 Å². The van der Waals surface area contributed by atoms with Gasteiger partial charge in [0.05, 0.1) is 16.9 Å². The van der Waals surface area contributed by atoms with E-state index in [1.807, 2.05) is 30.9 Å². The van der Waals surface area contributed by atoms with Crippen LogP contribution in [-0.2, 0) is 20.1 Å². The Hall–Kier alpha value is -4.39. The number of aromatic amines is 1. The van der Waals surface area contributed by atoms with Gasteiger partial charge in [0.25, 0.3) is 0 Å². The minimum absolute atomic E-state index is 0.541. The van der Waals surface area contributed by atoms with Crippen LogP contribution >= 0.6 is 0 Å². The van der Waals surface area contributed by atoms with E-state index in [1.54, 1.807) is 0 Å². The summed E-state index contributed by atoms with van der Waals surface area (Å²) in [5.41, 5.74) is 12.4. The average molecular weight is 516 g/mol. The van der Waals surface area contributed by atoms with E-state index in [4.69, 9.17) is 4.98 Å². The number of aryl methyl sites for hydroxylation is 3. The molecule has 0 bridgehead atoms. The zero-order valence-corrected chi connectivity index (χ0v) is 22.8. The number of anilines is 3. The van der Waals surface area contributed by atoms with Crippen LogP contribution in [0.3, 0.4) is 0 Å². The van der Waals surface area contributed by atoms with E-state index in [-0.39, 0.29) is 0 Å². The topological polar surface area (TPSA) is 74.7 Å². The molecule has 1 aliphatic carbocycles. The molecule has 0 spiro atoms. The van der Waals surface area contributed by atoms with Crippen molar-refractivity contribution in [1.82, 2.24) is 24.7 Å². The number of allylic oxidation sites excluding steroid dienone is 2. The molecule has 7 heteroatoms. The number of hydrogen-bond donors (Lipinski definition) is 2. The molecule has 196 valence electrons. The molecule has 0 saturated heterocycles. The highest BCUT2D eigenvalue weighted by Gasteiger charge is 2.25. The van der Waals surface area contributed by atoms with Crippen LogP contribution in [0, 0.1) is 13.8 Å². The fraction of sp³-hybridized carbons (Fsp3) is 0.281. The molecule has 7 rings (SSSR count). The second kappa shape index (κ2) is 9.42. The number of H-pyrrole nitrogens is 1. The molecule has 7 nitrogen and oxygen atoms in total. The van der Waals surface area contributed by atoms with Gasteiger partial charge in [0, 0.05) is 55.2 Å². The van der Waals surface area contributed by atoms with Crippen LogP contribution < -0.4 is 10.2 Å². The van der Waals surface area contributed by atoms with Crippen LogP contribution in [0.4, 0.5) is 17.5 Å². The SMILES string of the molecule is Cc1cnc(Nc2cc(C)n(C)n2)nc1-c1c[nH]c2c(N3Cc4cccc(C5=CCCCC5)c4C3)cccc12. The van der Waals surface area contributed by atoms with Gasteiger partial charge in [-0.2, -0.15) is 5.10 Å². The number of benzene rings is 2. The molecule has 0 unspecified atom stereocenters. The Balaban J connectivity index is 1.22. The highest BCUT2D eigenvalue weighted by Crippen LogP contribution is 2.40. The van der Waals surface area contributed by atoms with Crippen LogP contribution in [0.5, 0.6) is 0 Å². The first-order valence-corrected chi connectivity index (χ1v) is 13.8. The molecule has 0 amide bonds. The molecule has 0 fully saturated rings. The first-order valence-electron chi connectivity index (χ1n) is 13.8. The van der Waals surface area contributed by atoms with Crippen LogP contribution in [0.1, 0.15) is 53.6 Å². The highest BCUT2D eigenvalue weighted by atomic mass is 15.3. The minimum Gasteiger partial charge on any atom is -0.361 e. The summed E-state index contributed by atoms with van der Waals surface area (Å²) in [7, 11) is 1.93. The molecule has 3 aromatic heterocycles. The molecular formula is C32H33N7. The van der Waals surface area contributed by atoms with Gasteiger partial charge in [0.1, 0.15) is 0 Å². The van der Waals surface area contributed by atoms with E-state index in [1.165, 1.54) is 59.0 Å². The zero-order chi connectivity index (χ0) is 26.5. The fourth-order valence-electron chi connectivity index (χ4n) is 6.08. The molecule has 1 aliphatic heterocycles. The lowest BCUT2D eigenvalue weighted by atomic mass is 9.90. The summed E-state index contributed by atoms with van der Waals surface area (Å²) in [6, 6.07) is 15.4. The third kappa shape index (κ3) is 4.18. The van der Waals surface area contributed by atoms with Crippen molar-refractivity contribution in [1.29, 1.82) is 0 Å². The Morgan fingerprint density at radius 2 is 1.90 bits per heavy atom. The van der Waals surface area contributed by atoms with Crippen molar-refractivity contribution in [3.8, 4) is 11.3 Å². The first-order chi connectivity index (χ1) is 19.0. The minimum atomic E-state index is 0.541. The van der Waals surface area contributed by atoms with Crippen molar-refractivity contribution >= 4 is 33.9 Å². The lowest BCUT2D eigenvalue weighted by Crippen LogP contribution is -2.15. The van der Waals surface area contributed by atoms with Crippen molar-refractivity contribution in [3.63, 3.8) is 0 Å². The maximum Gasteiger partial charge on any atom is 0.228 e. The van der Waals surface area contributed by atoms with Crippen molar-refractivity contribution in [3.05, 3.63) is 88.9 Å². The predicted molar refractivity (Wildman–Crippen MR) is 158 cm³/mol. The highest BCUT2D eigenvalue weighted by molar-refractivity contribution is 6.02. The van der Waals surface area contributed by atoms with E-state index in [2.05, 4.69) is 80.9 Å². The Labute approximate surface area is 228 Å². The summed E-state index contributed by atoms with van der Waals surface area (Å²) in [6.45, 7) is 5.94. The quantitative estimate of drug-likeness (QED) is 0.259. The predicted octanol–water partition coefficient (Wildman–Crippen LogP) is 7.20. The smallest absolute Gasteiger partial charge is 0.228 e. The molecular weight excluding hydrogens is 482 g/mol. The molecule has 5 aromatic rings. The summed E-state index contributed by atoms with van der Waals surface area (Å²) < 4.78 is 1.84. The molecule has 0 saturated carbocycles. The fourth-order valence-corrected chi connectivity index (χ4v) is 6.08. The summed E-state index contributed by atoms with van der Waals surface area (Å²) in [5.74, 6) is 1.28. The van der Waals surface area contributed by atoms with Gasteiger partial charge in [0.2, 0.25) is 5.95 Å². The number of nitrogens with zero attached hydrogens (tertiary/aromatic N) is 5. The third-order valence-corrected chi connectivity index (χ3v) is 8.23. The first kappa shape index (κ1) is 23.7. The summed E-state index contributed by atoms with van der Waals surface area (Å²) in [5, 5.41) is 8.92. The maximum atomic E-state index is 4.91. The van der Waals surface area contributed by atoms with Crippen LogP contribution in [0.2, 0.25) is 0 Å². The monoisotopic (exact) mass is 515 g/mol. The molecule has 0 radical (unpaired) electrons. The molecule has 0 atom stereocenters. The van der Waals surface area contributed by atoms with Gasteiger partial charge in [0.15, 0.2) is 5.82 Å². The third-order valence-electron chi connectivity index (χ3n) is 8.23. The number of rotatable bonds is 5. The Kier molecular flexibility index (Phi) is 5.72. The van der Waals surface area contributed by atoms with Gasteiger partial charge in [-0.1, -0.05) is 36.4 Å². The second-order valence-corrected chi connectivity index (χ2v) is 10.8. The van der Waals surface area contributed by atoms with E-state index >= 15 is 0 Å². The van der Waals surface area contributed by atoms with Crippen molar-refractivity contribution in [2.24, 2.45) is 7.05 Å². The Morgan fingerprint density at radius 3 is 2.72 bits per heavy atom. The van der Waals surface area contributed by atoms with Crippen LogP contribution in [0.25, 0.3) is 27.7 Å². The average Bonchev–Trinajstić information content (AvgIpc) is 3.66. The Bertz CT molecular complexity index is 1720. The van der Waals surface area contributed by atoms with Gasteiger partial charge in [-0.25, -0.2) is 9.97 Å². The molecule has 2 aliphatic rings. The number of nitrogens with one attached hydrogen (secondary N) is 2. The van der Waals surface area contributed by atoms with Crippen LogP contribution in [-0.4, -0.2) is 24.7 Å². The van der Waals surface area contributed by atoms with Crippen molar-refractivity contribution in [2.45, 2.75) is 52.6 Å². The van der Waals surface area contributed by atoms with Crippen LogP contribution in [0.15, 0.2) is 60.9 Å². The lowest BCUT2D eigenvalue weighted by molar-refractivity contribution is 0.741. The van der Waals surface area contributed by atoms with Gasteiger partial charge < -0.3 is 15.2 Å². The number of para-hydroxylation sites is 1. The summed E-state index contributed by atoms with van der Waals surface area (Å²) in [6.07, 6.45) is 11.4. The molecule has 2 N–H and O–H groups in total. The lowest BCUT2D eigenvalue weighted by Gasteiger charge is -2.20. The number of aromatic nitrogens is 5. The van der Waals surface area contributed by atoms with E-state index < -0.39 is 0 Å². The number of hydrogen-bond acceptors (Lipinski definition) is 5. The van der Waals surface area contributed by atoms with Gasteiger partial charge >= 0.3 is 0 Å². The normalized spacial score (nSPS) is 15.1. The largest absolute Gasteiger partial charge is 0.361 e. The molecule has 39 heavy (non-hydrogen) atoms. The number of fused-ring (bicyclic) bond motifs is 2.